The summed E-state index contributed by atoms with van der Waals surface area (Å²) in [5.41, 5.74) is 0.519. The molecule has 1 aromatic heterocycles. The van der Waals surface area contributed by atoms with Crippen LogP contribution < -0.4 is 0 Å². The number of amides is 2. The second kappa shape index (κ2) is 8.76. The van der Waals surface area contributed by atoms with E-state index in [1.807, 2.05) is 0 Å². The van der Waals surface area contributed by atoms with E-state index in [1.165, 1.54) is 25.1 Å². The van der Waals surface area contributed by atoms with Gasteiger partial charge in [0.05, 0.1) is 22.1 Å². The predicted octanol–water partition coefficient (Wildman–Crippen LogP) is 4.29. The Morgan fingerprint density at radius 3 is 2.67 bits per heavy atom. The van der Waals surface area contributed by atoms with Crippen LogP contribution in [0.25, 0.3) is 17.4 Å². The topological polar surface area (TPSA) is 114 Å². The van der Waals surface area contributed by atoms with E-state index in [0.29, 0.717) is 28.8 Å². The average Bonchev–Trinajstić information content (AvgIpc) is 3.26. The Kier molecular flexibility index (Phi) is 6.33. The van der Waals surface area contributed by atoms with Gasteiger partial charge < -0.3 is 14.3 Å². The number of carboxylic acid groups (broad SMARTS) is 1. The standard InChI is InChI=1S/C20H16ClNO7S/c1-3-28-19(26)10(2)22-17(23)16(30-20(22)27)9-12-5-7-15(29-12)11-4-6-13(18(24)25)14(21)8-11/h4-10H,3H2,1-2H3,(H,24,25)/b16-9+/t10-/m1/s1. The summed E-state index contributed by atoms with van der Waals surface area (Å²) in [6.45, 7) is 3.20. The van der Waals surface area contributed by atoms with Crippen molar-refractivity contribution in [2.45, 2.75) is 19.9 Å². The molecule has 1 atom stereocenters. The summed E-state index contributed by atoms with van der Waals surface area (Å²) < 4.78 is 10.6. The molecule has 0 bridgehead atoms. The summed E-state index contributed by atoms with van der Waals surface area (Å²) in [5, 5.41) is 8.54. The van der Waals surface area contributed by atoms with Crippen molar-refractivity contribution in [3.8, 4) is 11.3 Å². The molecule has 0 spiro atoms. The van der Waals surface area contributed by atoms with Crippen molar-refractivity contribution < 1.29 is 33.4 Å². The lowest BCUT2D eigenvalue weighted by Crippen LogP contribution is -2.42. The third-order valence-electron chi connectivity index (χ3n) is 4.22. The summed E-state index contributed by atoms with van der Waals surface area (Å²) in [5.74, 6) is -1.71. The van der Waals surface area contributed by atoms with Gasteiger partial charge in [0.2, 0.25) is 0 Å². The SMILES string of the molecule is CCOC(=O)[C@@H](C)N1C(=O)S/C(=C/c2ccc(-c3ccc(C(=O)O)c(Cl)c3)o2)C1=O. The Morgan fingerprint density at radius 1 is 1.30 bits per heavy atom. The molecule has 0 unspecified atom stereocenters. The number of esters is 1. The molecule has 0 radical (unpaired) electrons. The molecule has 30 heavy (non-hydrogen) atoms. The Hall–Kier alpha value is -3.04. The molecule has 0 saturated carbocycles. The van der Waals surface area contributed by atoms with E-state index in [-0.39, 0.29) is 22.1 Å². The van der Waals surface area contributed by atoms with Gasteiger partial charge in [-0.2, -0.15) is 0 Å². The molecule has 1 aliphatic heterocycles. The van der Waals surface area contributed by atoms with Crippen molar-refractivity contribution in [1.82, 2.24) is 4.90 Å². The van der Waals surface area contributed by atoms with Gasteiger partial charge in [-0.3, -0.25) is 14.5 Å². The second-order valence-corrected chi connectivity index (χ2v) is 7.58. The molecule has 1 aromatic carbocycles. The zero-order chi connectivity index (χ0) is 22.0. The third kappa shape index (κ3) is 4.27. The van der Waals surface area contributed by atoms with Crippen LogP contribution in [0.5, 0.6) is 0 Å². The van der Waals surface area contributed by atoms with Gasteiger partial charge in [-0.1, -0.05) is 17.7 Å². The van der Waals surface area contributed by atoms with Crippen LogP contribution in [0.4, 0.5) is 4.79 Å². The Bertz CT molecular complexity index is 1070. The highest BCUT2D eigenvalue weighted by molar-refractivity contribution is 8.18. The highest BCUT2D eigenvalue weighted by atomic mass is 35.5. The Balaban J connectivity index is 1.82. The molecule has 156 valence electrons. The summed E-state index contributed by atoms with van der Waals surface area (Å²) in [4.78, 5) is 48.7. The molecule has 1 saturated heterocycles. The minimum Gasteiger partial charge on any atom is -0.478 e. The summed E-state index contributed by atoms with van der Waals surface area (Å²) in [7, 11) is 0. The first kappa shape index (κ1) is 21.7. The molecule has 1 N–H and O–H groups in total. The van der Waals surface area contributed by atoms with Crippen molar-refractivity contribution in [3.05, 3.63) is 51.6 Å². The van der Waals surface area contributed by atoms with Crippen LogP contribution in [0, 0.1) is 0 Å². The lowest BCUT2D eigenvalue weighted by Gasteiger charge is -2.19. The molecule has 2 heterocycles. The van der Waals surface area contributed by atoms with Gasteiger partial charge in [-0.05, 0) is 49.9 Å². The van der Waals surface area contributed by atoms with Crippen LogP contribution in [-0.4, -0.2) is 45.7 Å². The molecule has 0 aliphatic carbocycles. The predicted molar refractivity (Wildman–Crippen MR) is 110 cm³/mol. The van der Waals surface area contributed by atoms with E-state index in [0.717, 1.165) is 4.90 Å². The number of nitrogens with zero attached hydrogens (tertiary/aromatic N) is 1. The number of furan rings is 1. The number of carbonyl (C=O) groups is 4. The van der Waals surface area contributed by atoms with Crippen molar-refractivity contribution in [2.75, 3.05) is 6.61 Å². The summed E-state index contributed by atoms with van der Waals surface area (Å²) >= 11 is 6.68. The number of benzene rings is 1. The maximum absolute atomic E-state index is 12.6. The van der Waals surface area contributed by atoms with Gasteiger partial charge in [-0.15, -0.1) is 0 Å². The number of halogens is 1. The smallest absolute Gasteiger partial charge is 0.337 e. The van der Waals surface area contributed by atoms with E-state index in [2.05, 4.69) is 0 Å². The van der Waals surface area contributed by atoms with Crippen LogP contribution in [0.2, 0.25) is 5.02 Å². The molecular weight excluding hydrogens is 434 g/mol. The van der Waals surface area contributed by atoms with Crippen LogP contribution in [0.3, 0.4) is 0 Å². The van der Waals surface area contributed by atoms with Gasteiger partial charge in [0.1, 0.15) is 17.6 Å². The van der Waals surface area contributed by atoms with E-state index < -0.39 is 29.1 Å². The number of aromatic carboxylic acids is 1. The van der Waals surface area contributed by atoms with Crippen molar-refractivity contribution >= 4 is 52.5 Å². The highest BCUT2D eigenvalue weighted by Crippen LogP contribution is 2.35. The third-order valence-corrected chi connectivity index (χ3v) is 5.42. The maximum Gasteiger partial charge on any atom is 0.337 e. The molecular formula is C20H16ClNO7S. The molecule has 2 aromatic rings. The number of carboxylic acids is 1. The molecule has 1 fully saturated rings. The van der Waals surface area contributed by atoms with E-state index >= 15 is 0 Å². The van der Waals surface area contributed by atoms with Crippen molar-refractivity contribution in [1.29, 1.82) is 0 Å². The maximum atomic E-state index is 12.6. The first-order valence-electron chi connectivity index (χ1n) is 8.79. The van der Waals surface area contributed by atoms with Gasteiger partial charge in [-0.25, -0.2) is 9.59 Å². The largest absolute Gasteiger partial charge is 0.478 e. The Labute approximate surface area is 180 Å². The first-order chi connectivity index (χ1) is 14.2. The fourth-order valence-corrected chi connectivity index (χ4v) is 3.89. The van der Waals surface area contributed by atoms with E-state index in [4.69, 9.17) is 25.9 Å². The van der Waals surface area contributed by atoms with E-state index in [1.54, 1.807) is 25.1 Å². The number of thioether (sulfide) groups is 1. The second-order valence-electron chi connectivity index (χ2n) is 6.18. The van der Waals surface area contributed by atoms with Crippen LogP contribution >= 0.6 is 23.4 Å². The molecule has 10 heteroatoms. The summed E-state index contributed by atoms with van der Waals surface area (Å²) in [6, 6.07) is 6.56. The molecule has 3 rings (SSSR count). The van der Waals surface area contributed by atoms with Crippen LogP contribution in [0.1, 0.15) is 30.0 Å². The molecule has 2 amide bonds. The normalized spacial score (nSPS) is 16.2. The Morgan fingerprint density at radius 2 is 2.03 bits per heavy atom. The number of ether oxygens (including phenoxy) is 1. The van der Waals surface area contributed by atoms with Crippen LogP contribution in [0.15, 0.2) is 39.7 Å². The number of imide groups is 1. The number of hydrogen-bond donors (Lipinski definition) is 1. The fourth-order valence-electron chi connectivity index (χ4n) is 2.74. The summed E-state index contributed by atoms with van der Waals surface area (Å²) in [6.07, 6.45) is 1.40. The lowest BCUT2D eigenvalue weighted by atomic mass is 10.1. The molecule has 8 nitrogen and oxygen atoms in total. The van der Waals surface area contributed by atoms with Crippen LogP contribution in [-0.2, 0) is 14.3 Å². The average molecular weight is 450 g/mol. The van der Waals surface area contributed by atoms with Crippen molar-refractivity contribution in [2.24, 2.45) is 0 Å². The molecule has 1 aliphatic rings. The number of carbonyl (C=O) groups excluding carboxylic acids is 3. The first-order valence-corrected chi connectivity index (χ1v) is 9.99. The quantitative estimate of drug-likeness (QED) is 0.513. The van der Waals surface area contributed by atoms with Gasteiger partial charge in [0, 0.05) is 11.6 Å². The zero-order valence-electron chi connectivity index (χ0n) is 15.9. The van der Waals surface area contributed by atoms with Gasteiger partial charge in [0.25, 0.3) is 11.1 Å². The highest BCUT2D eigenvalue weighted by Gasteiger charge is 2.41. The van der Waals surface area contributed by atoms with Gasteiger partial charge >= 0.3 is 11.9 Å². The lowest BCUT2D eigenvalue weighted by molar-refractivity contribution is -0.150. The number of rotatable bonds is 6. The van der Waals surface area contributed by atoms with Gasteiger partial charge in [0.15, 0.2) is 0 Å². The monoisotopic (exact) mass is 449 g/mol. The zero-order valence-corrected chi connectivity index (χ0v) is 17.5. The van der Waals surface area contributed by atoms with Crippen molar-refractivity contribution in [3.63, 3.8) is 0 Å². The number of hydrogen-bond acceptors (Lipinski definition) is 7. The fraction of sp³-hybridized carbons (Fsp3) is 0.200. The minimum atomic E-state index is -1.14. The van der Waals surface area contributed by atoms with E-state index in [9.17, 15) is 19.2 Å². The minimum absolute atomic E-state index is 0.0309.